The highest BCUT2D eigenvalue weighted by atomic mass is 35.5. The Kier molecular flexibility index (Phi) is 5.51. The van der Waals surface area contributed by atoms with E-state index in [1.807, 2.05) is 32.0 Å². The van der Waals surface area contributed by atoms with E-state index in [1.165, 1.54) is 11.3 Å². The number of halogens is 2. The number of hydrogen-bond acceptors (Lipinski definition) is 4. The van der Waals surface area contributed by atoms with Crippen LogP contribution in [0.15, 0.2) is 36.4 Å². The summed E-state index contributed by atoms with van der Waals surface area (Å²) < 4.78 is 0. The maximum Gasteiger partial charge on any atom is 0.308 e. The van der Waals surface area contributed by atoms with Gasteiger partial charge in [-0.15, -0.1) is 11.3 Å². The van der Waals surface area contributed by atoms with Crippen LogP contribution in [0, 0.1) is 13.8 Å². The molecule has 0 saturated carbocycles. The number of anilines is 2. The topological polar surface area (TPSA) is 62.2 Å². The summed E-state index contributed by atoms with van der Waals surface area (Å²) in [4.78, 5) is 16.6. The lowest BCUT2D eigenvalue weighted by Gasteiger charge is -2.06. The van der Waals surface area contributed by atoms with Gasteiger partial charge >= 0.3 is 5.97 Å². The molecule has 0 aliphatic carbocycles. The number of thiazole rings is 1. The average molecular weight is 407 g/mol. The smallest absolute Gasteiger partial charge is 0.308 e. The molecule has 3 rings (SSSR count). The van der Waals surface area contributed by atoms with Gasteiger partial charge in [-0.1, -0.05) is 40.9 Å². The number of aromatic nitrogens is 1. The van der Waals surface area contributed by atoms with Crippen molar-refractivity contribution >= 4 is 51.3 Å². The third-order valence-electron chi connectivity index (χ3n) is 3.83. The molecule has 1 heterocycles. The molecule has 0 aliphatic heterocycles. The Bertz CT molecular complexity index is 986. The van der Waals surface area contributed by atoms with Crippen LogP contribution in [0.1, 0.15) is 16.0 Å². The first-order chi connectivity index (χ1) is 12.3. The van der Waals surface area contributed by atoms with Crippen LogP contribution in [0.25, 0.3) is 11.3 Å². The van der Waals surface area contributed by atoms with Crippen molar-refractivity contribution in [2.75, 3.05) is 5.32 Å². The van der Waals surface area contributed by atoms with Crippen molar-refractivity contribution in [3.8, 4) is 11.3 Å². The summed E-state index contributed by atoms with van der Waals surface area (Å²) >= 11 is 13.3. The minimum Gasteiger partial charge on any atom is -0.481 e. The molecule has 0 amide bonds. The van der Waals surface area contributed by atoms with Gasteiger partial charge in [-0.3, -0.25) is 4.79 Å². The molecule has 0 saturated heterocycles. The van der Waals surface area contributed by atoms with Crippen molar-refractivity contribution in [2.24, 2.45) is 0 Å². The lowest BCUT2D eigenvalue weighted by molar-refractivity contribution is -0.136. The molecule has 0 bridgehead atoms. The van der Waals surface area contributed by atoms with Gasteiger partial charge in [-0.25, -0.2) is 4.98 Å². The summed E-state index contributed by atoms with van der Waals surface area (Å²) in [6, 6.07) is 11.3. The molecule has 0 aliphatic rings. The first kappa shape index (κ1) is 18.7. The van der Waals surface area contributed by atoms with Gasteiger partial charge in [0.2, 0.25) is 0 Å². The molecule has 134 valence electrons. The molecule has 2 aromatic carbocycles. The van der Waals surface area contributed by atoms with Crippen LogP contribution in [-0.4, -0.2) is 16.1 Å². The number of hydrogen-bond donors (Lipinski definition) is 2. The molecule has 0 unspecified atom stereocenters. The first-order valence-electron chi connectivity index (χ1n) is 7.84. The van der Waals surface area contributed by atoms with Gasteiger partial charge in [0.25, 0.3) is 0 Å². The Hall–Kier alpha value is -2.08. The summed E-state index contributed by atoms with van der Waals surface area (Å²) in [5.41, 5.74) is 4.52. The zero-order chi connectivity index (χ0) is 18.8. The lowest BCUT2D eigenvalue weighted by atomic mass is 10.0. The molecule has 4 nitrogen and oxygen atoms in total. The third kappa shape index (κ3) is 4.18. The molecule has 1 aromatic heterocycles. The molecule has 0 spiro atoms. The number of carboxylic acids is 1. The maximum absolute atomic E-state index is 11.3. The monoisotopic (exact) mass is 406 g/mol. The predicted octanol–water partition coefficient (Wildman–Crippen LogP) is 6.10. The van der Waals surface area contributed by atoms with Crippen LogP contribution >= 0.6 is 34.5 Å². The minimum absolute atomic E-state index is 0.0799. The highest BCUT2D eigenvalue weighted by molar-refractivity contribution is 7.16. The van der Waals surface area contributed by atoms with Crippen molar-refractivity contribution in [3.05, 3.63) is 62.4 Å². The molecular weight excluding hydrogens is 391 g/mol. The van der Waals surface area contributed by atoms with Crippen molar-refractivity contribution < 1.29 is 9.90 Å². The number of benzene rings is 2. The van der Waals surface area contributed by atoms with Crippen LogP contribution < -0.4 is 5.32 Å². The third-order valence-corrected chi connectivity index (χ3v) is 5.54. The molecular formula is C19H16Cl2N2O2S. The summed E-state index contributed by atoms with van der Waals surface area (Å²) in [7, 11) is 0. The largest absolute Gasteiger partial charge is 0.481 e. The Balaban J connectivity index is 2.02. The number of nitrogens with one attached hydrogen (secondary N) is 1. The fraction of sp³-hybridized carbons (Fsp3) is 0.158. The molecule has 26 heavy (non-hydrogen) atoms. The fourth-order valence-electron chi connectivity index (χ4n) is 2.56. The van der Waals surface area contributed by atoms with E-state index in [0.717, 1.165) is 22.4 Å². The summed E-state index contributed by atoms with van der Waals surface area (Å²) in [5, 5.41) is 14.0. The lowest BCUT2D eigenvalue weighted by Crippen LogP contribution is -2.00. The van der Waals surface area contributed by atoms with Gasteiger partial charge < -0.3 is 10.4 Å². The van der Waals surface area contributed by atoms with Gasteiger partial charge in [-0.05, 0) is 43.7 Å². The van der Waals surface area contributed by atoms with Gasteiger partial charge in [0, 0.05) is 16.1 Å². The van der Waals surface area contributed by atoms with Gasteiger partial charge in [0.05, 0.1) is 22.2 Å². The molecule has 0 radical (unpaired) electrons. The minimum atomic E-state index is -0.888. The number of carboxylic acid groups (broad SMARTS) is 1. The molecule has 0 fully saturated rings. The van der Waals surface area contributed by atoms with Gasteiger partial charge in [0.15, 0.2) is 5.13 Å². The van der Waals surface area contributed by atoms with E-state index in [9.17, 15) is 9.90 Å². The van der Waals surface area contributed by atoms with E-state index < -0.39 is 5.97 Å². The van der Waals surface area contributed by atoms with Gasteiger partial charge in [0.1, 0.15) is 0 Å². The van der Waals surface area contributed by atoms with E-state index in [2.05, 4.69) is 10.3 Å². The highest BCUT2D eigenvalue weighted by Gasteiger charge is 2.18. The van der Waals surface area contributed by atoms with Crippen LogP contribution in [0.5, 0.6) is 0 Å². The quantitative estimate of drug-likeness (QED) is 0.536. The molecule has 7 heteroatoms. The zero-order valence-corrected chi connectivity index (χ0v) is 16.5. The Labute approximate surface area is 165 Å². The van der Waals surface area contributed by atoms with Crippen LogP contribution in [0.4, 0.5) is 10.8 Å². The van der Waals surface area contributed by atoms with Crippen molar-refractivity contribution in [3.63, 3.8) is 0 Å². The van der Waals surface area contributed by atoms with Crippen molar-refractivity contribution in [1.29, 1.82) is 0 Å². The second-order valence-corrected chi connectivity index (χ2v) is 7.83. The molecule has 2 N–H and O–H groups in total. The van der Waals surface area contributed by atoms with Crippen LogP contribution in [-0.2, 0) is 11.2 Å². The highest BCUT2D eigenvalue weighted by Crippen LogP contribution is 2.36. The van der Waals surface area contributed by atoms with E-state index in [4.69, 9.17) is 23.2 Å². The SMILES string of the molecule is Cc1ccc(C)c(-c2nc(Nc3ccc(Cl)c(Cl)c3)sc2CC(=O)O)c1. The normalized spacial score (nSPS) is 10.8. The van der Waals surface area contributed by atoms with E-state index in [0.29, 0.717) is 25.7 Å². The molecule has 0 atom stereocenters. The number of nitrogens with zero attached hydrogens (tertiary/aromatic N) is 1. The van der Waals surface area contributed by atoms with Crippen LogP contribution in [0.2, 0.25) is 10.0 Å². The van der Waals surface area contributed by atoms with Crippen molar-refractivity contribution in [1.82, 2.24) is 4.98 Å². The maximum atomic E-state index is 11.3. The zero-order valence-electron chi connectivity index (χ0n) is 14.1. The summed E-state index contributed by atoms with van der Waals surface area (Å²) in [5.74, 6) is -0.888. The van der Waals surface area contributed by atoms with E-state index in [-0.39, 0.29) is 6.42 Å². The molecule has 3 aromatic rings. The number of rotatable bonds is 5. The standard InChI is InChI=1S/C19H16Cl2N2O2S/c1-10-3-4-11(2)13(7-10)18-16(9-17(24)25)26-19(23-18)22-12-5-6-14(20)15(21)8-12/h3-8H,9H2,1-2H3,(H,22,23)(H,24,25). The summed E-state index contributed by atoms with van der Waals surface area (Å²) in [6.07, 6.45) is -0.0799. The number of aryl methyl sites for hydroxylation is 2. The first-order valence-corrected chi connectivity index (χ1v) is 9.42. The van der Waals surface area contributed by atoms with Gasteiger partial charge in [-0.2, -0.15) is 0 Å². The second-order valence-electron chi connectivity index (χ2n) is 5.93. The van der Waals surface area contributed by atoms with Crippen molar-refractivity contribution in [2.45, 2.75) is 20.3 Å². The second kappa shape index (κ2) is 7.66. The Morgan fingerprint density at radius 1 is 1.15 bits per heavy atom. The number of carbonyl (C=O) groups is 1. The Morgan fingerprint density at radius 3 is 2.62 bits per heavy atom. The summed E-state index contributed by atoms with van der Waals surface area (Å²) in [6.45, 7) is 3.99. The van der Waals surface area contributed by atoms with E-state index >= 15 is 0 Å². The average Bonchev–Trinajstić information content (AvgIpc) is 2.94. The number of aliphatic carboxylic acids is 1. The fourth-order valence-corrected chi connectivity index (χ4v) is 3.85. The van der Waals surface area contributed by atoms with Crippen LogP contribution in [0.3, 0.4) is 0 Å². The Morgan fingerprint density at radius 2 is 1.92 bits per heavy atom. The predicted molar refractivity (Wildman–Crippen MR) is 108 cm³/mol. The van der Waals surface area contributed by atoms with E-state index in [1.54, 1.807) is 18.2 Å².